The van der Waals surface area contributed by atoms with Crippen LogP contribution in [0.3, 0.4) is 0 Å². The fourth-order valence-corrected chi connectivity index (χ4v) is 6.74. The Hall–Kier alpha value is -3.97. The van der Waals surface area contributed by atoms with Gasteiger partial charge in [0.25, 0.3) is 0 Å². The fourth-order valence-electron chi connectivity index (χ4n) is 5.96. The Labute approximate surface area is 370 Å². The fraction of sp³-hybridized carbons (Fsp3) is 0.583. The van der Waals surface area contributed by atoms with Gasteiger partial charge in [-0.2, -0.15) is 0 Å². The zero-order valence-electron chi connectivity index (χ0n) is 37.0. The molecule has 0 fully saturated rings. The van der Waals surface area contributed by atoms with Crippen molar-refractivity contribution in [2.24, 2.45) is 17.6 Å². The van der Waals surface area contributed by atoms with E-state index in [9.17, 15) is 33.7 Å². The van der Waals surface area contributed by atoms with Gasteiger partial charge in [-0.05, 0) is 89.0 Å². The molecular formula is C48H74NO12P. The van der Waals surface area contributed by atoms with Crippen LogP contribution in [0.4, 0.5) is 0 Å². The standard InChI is InChI=1S/C48H74NO12P/c1-3-5-7-8-9-10-11-12-13-14-15-16-17-18-19-20-21-22-28-32-47(53)61-42(38-59-62(56,57)60-39-44(49)48(54)55)37-58-46(52)31-27-24-23-26-29-40-33-36-45(51)43(40)35-34-41(50)30-25-6-4-2/h5,7,9-10,12-13,15-16,18-19,23,26,33-36,40-44,50H,3-4,6,8,11,14,17,20-22,24-25,27-32,37-39,49H2,1-2H3,(H,54,55)(H,56,57)/b7-5-,10-9-,13-12-,16-15-,19-18-,26-23-,35-34+/t40-,41-,42+,43+,44-/m0/s1. The smallest absolute Gasteiger partial charge is 0.472 e. The van der Waals surface area contributed by atoms with E-state index in [0.717, 1.165) is 70.6 Å². The number of hydrogen-bond acceptors (Lipinski definition) is 11. The van der Waals surface area contributed by atoms with Gasteiger partial charge >= 0.3 is 25.7 Å². The molecule has 1 aliphatic carbocycles. The minimum Gasteiger partial charge on any atom is -0.480 e. The number of esters is 2. The molecule has 14 heteroatoms. The Balaban J connectivity index is 2.48. The highest BCUT2D eigenvalue weighted by atomic mass is 31.2. The molecule has 0 radical (unpaired) electrons. The van der Waals surface area contributed by atoms with Crippen molar-refractivity contribution in [3.8, 4) is 0 Å². The van der Waals surface area contributed by atoms with Gasteiger partial charge < -0.3 is 30.3 Å². The minimum absolute atomic E-state index is 0.00667. The van der Waals surface area contributed by atoms with E-state index >= 15 is 0 Å². The van der Waals surface area contributed by atoms with Crippen LogP contribution < -0.4 is 5.73 Å². The number of allylic oxidation sites excluding steroid dienone is 15. The molecule has 1 rings (SSSR count). The number of ketones is 1. The number of aliphatic hydroxyl groups excluding tert-OH is 1. The van der Waals surface area contributed by atoms with E-state index in [1.54, 1.807) is 18.2 Å². The van der Waals surface area contributed by atoms with Gasteiger partial charge in [-0.3, -0.25) is 28.2 Å². The number of rotatable bonds is 37. The first-order valence-corrected chi connectivity index (χ1v) is 23.8. The van der Waals surface area contributed by atoms with E-state index in [1.165, 1.54) is 0 Å². The SMILES string of the molecule is CC/C=C\C/C=C\C/C=C\C/C=C\C/C=C\CCCCCC(=O)O[C@H](COC(=O)CCC/C=C\C[C@H]1C=CC(=O)[C@@H]1/C=C/[C@@H](O)CCCCC)COP(=O)(O)OC[C@H](N)C(=O)O. The second-order valence-electron chi connectivity index (χ2n) is 15.1. The third-order valence-electron chi connectivity index (χ3n) is 9.56. The Kier molecular flexibility index (Phi) is 33.0. The van der Waals surface area contributed by atoms with Crippen LogP contribution >= 0.6 is 7.82 Å². The number of aliphatic carboxylic acids is 1. The van der Waals surface area contributed by atoms with Crippen molar-refractivity contribution in [3.05, 3.63) is 97.2 Å². The van der Waals surface area contributed by atoms with E-state index in [1.807, 2.05) is 18.2 Å². The highest BCUT2D eigenvalue weighted by molar-refractivity contribution is 7.47. The number of phosphoric acid groups is 1. The summed E-state index contributed by atoms with van der Waals surface area (Å²) in [5, 5.41) is 19.1. The van der Waals surface area contributed by atoms with Gasteiger partial charge in [0.05, 0.1) is 19.3 Å². The predicted octanol–water partition coefficient (Wildman–Crippen LogP) is 9.67. The monoisotopic (exact) mass is 887 g/mol. The van der Waals surface area contributed by atoms with Crippen LogP contribution in [0.2, 0.25) is 0 Å². The van der Waals surface area contributed by atoms with Crippen LogP contribution in [-0.4, -0.2) is 76.9 Å². The lowest BCUT2D eigenvalue weighted by Gasteiger charge is -2.20. The average Bonchev–Trinajstić information content (AvgIpc) is 3.60. The van der Waals surface area contributed by atoms with Crippen LogP contribution in [0.1, 0.15) is 129 Å². The molecule has 0 saturated carbocycles. The molecular weight excluding hydrogens is 813 g/mol. The molecule has 0 aromatic heterocycles. The Morgan fingerprint density at radius 1 is 0.758 bits per heavy atom. The van der Waals surface area contributed by atoms with Crippen molar-refractivity contribution in [2.75, 3.05) is 19.8 Å². The molecule has 0 bridgehead atoms. The van der Waals surface area contributed by atoms with Crippen molar-refractivity contribution in [1.82, 2.24) is 0 Å². The summed E-state index contributed by atoms with van der Waals surface area (Å²) in [6, 6.07) is -1.56. The van der Waals surface area contributed by atoms with E-state index in [2.05, 4.69) is 79.1 Å². The predicted molar refractivity (Wildman–Crippen MR) is 244 cm³/mol. The summed E-state index contributed by atoms with van der Waals surface area (Å²) in [4.78, 5) is 58.6. The quantitative estimate of drug-likeness (QED) is 0.0198. The summed E-state index contributed by atoms with van der Waals surface area (Å²) >= 11 is 0. The first-order valence-electron chi connectivity index (χ1n) is 22.3. The van der Waals surface area contributed by atoms with Gasteiger partial charge in [-0.25, -0.2) is 4.57 Å². The molecule has 0 aromatic carbocycles. The Morgan fingerprint density at radius 2 is 1.35 bits per heavy atom. The van der Waals surface area contributed by atoms with Crippen molar-refractivity contribution in [2.45, 2.75) is 148 Å². The number of carboxylic acid groups (broad SMARTS) is 1. The van der Waals surface area contributed by atoms with E-state index in [-0.39, 0.29) is 30.5 Å². The molecule has 1 unspecified atom stereocenters. The summed E-state index contributed by atoms with van der Waals surface area (Å²) in [5.74, 6) is -2.91. The molecule has 1 aliphatic rings. The van der Waals surface area contributed by atoms with Gasteiger partial charge in [0.15, 0.2) is 11.9 Å². The van der Waals surface area contributed by atoms with Crippen molar-refractivity contribution in [3.63, 3.8) is 0 Å². The minimum atomic E-state index is -4.78. The molecule has 5 N–H and O–H groups in total. The number of nitrogens with two attached hydrogens (primary N) is 1. The number of phosphoric ester groups is 1. The Morgan fingerprint density at radius 3 is 2.00 bits per heavy atom. The number of aliphatic hydroxyl groups is 1. The van der Waals surface area contributed by atoms with Crippen LogP contribution in [-0.2, 0) is 42.3 Å². The second kappa shape index (κ2) is 36.5. The third kappa shape index (κ3) is 31.0. The zero-order chi connectivity index (χ0) is 45.7. The van der Waals surface area contributed by atoms with Gasteiger partial charge in [-0.15, -0.1) is 0 Å². The number of carboxylic acids is 1. The zero-order valence-corrected chi connectivity index (χ0v) is 37.9. The third-order valence-corrected chi connectivity index (χ3v) is 10.5. The van der Waals surface area contributed by atoms with Crippen LogP contribution in [0.15, 0.2) is 97.2 Å². The second-order valence-corrected chi connectivity index (χ2v) is 16.6. The highest BCUT2D eigenvalue weighted by Crippen LogP contribution is 2.43. The summed E-state index contributed by atoms with van der Waals surface area (Å²) < 4.78 is 32.7. The maximum absolute atomic E-state index is 12.7. The van der Waals surface area contributed by atoms with Crippen molar-refractivity contribution >= 4 is 31.5 Å². The van der Waals surface area contributed by atoms with Gasteiger partial charge in [-0.1, -0.05) is 131 Å². The first-order chi connectivity index (χ1) is 29.9. The molecule has 0 heterocycles. The van der Waals surface area contributed by atoms with Crippen molar-refractivity contribution < 1.29 is 57.4 Å². The van der Waals surface area contributed by atoms with Gasteiger partial charge in [0, 0.05) is 18.8 Å². The topological polar surface area (TPSA) is 209 Å². The number of carbonyl (C=O) groups is 4. The molecule has 13 nitrogen and oxygen atoms in total. The van der Waals surface area contributed by atoms with Crippen LogP contribution in [0.25, 0.3) is 0 Å². The van der Waals surface area contributed by atoms with Crippen LogP contribution in [0, 0.1) is 11.8 Å². The van der Waals surface area contributed by atoms with Crippen molar-refractivity contribution in [1.29, 1.82) is 0 Å². The van der Waals surface area contributed by atoms with Gasteiger partial charge in [0.1, 0.15) is 12.6 Å². The molecule has 6 atom stereocenters. The number of unbranched alkanes of at least 4 members (excludes halogenated alkanes) is 6. The first kappa shape index (κ1) is 56.0. The highest BCUT2D eigenvalue weighted by Gasteiger charge is 2.29. The summed E-state index contributed by atoms with van der Waals surface area (Å²) in [6.45, 7) is 2.33. The average molecular weight is 888 g/mol. The summed E-state index contributed by atoms with van der Waals surface area (Å²) in [5.41, 5.74) is 5.33. The van der Waals surface area contributed by atoms with E-state index in [4.69, 9.17) is 24.8 Å². The normalized spacial score (nSPS) is 18.4. The summed E-state index contributed by atoms with van der Waals surface area (Å²) in [6.07, 6.45) is 43.9. The largest absolute Gasteiger partial charge is 0.480 e. The maximum Gasteiger partial charge on any atom is 0.472 e. The lowest BCUT2D eigenvalue weighted by atomic mass is 9.90. The summed E-state index contributed by atoms with van der Waals surface area (Å²) in [7, 11) is -4.78. The lowest BCUT2D eigenvalue weighted by molar-refractivity contribution is -0.161. The molecule has 0 saturated heterocycles. The van der Waals surface area contributed by atoms with E-state index in [0.29, 0.717) is 32.1 Å². The van der Waals surface area contributed by atoms with Crippen LogP contribution in [0.5, 0.6) is 0 Å². The molecule has 62 heavy (non-hydrogen) atoms. The Bertz CT molecular complexity index is 1560. The van der Waals surface area contributed by atoms with Gasteiger partial charge in [0.2, 0.25) is 0 Å². The number of carbonyl (C=O) groups excluding carboxylic acids is 3. The molecule has 0 amide bonds. The molecule has 348 valence electrons. The lowest BCUT2D eigenvalue weighted by Crippen LogP contribution is -2.34. The number of ether oxygens (including phenoxy) is 2. The molecule has 0 aliphatic heterocycles. The van der Waals surface area contributed by atoms with E-state index < -0.39 is 63.8 Å². The molecule has 0 aromatic rings. The number of hydrogen-bond donors (Lipinski definition) is 4. The maximum atomic E-state index is 12.7. The molecule has 0 spiro atoms.